The lowest BCUT2D eigenvalue weighted by atomic mass is 10.2. The second-order valence-electron chi connectivity index (χ2n) is 6.32. The van der Waals surface area contributed by atoms with Gasteiger partial charge in [-0.3, -0.25) is 0 Å². The third-order valence-corrected chi connectivity index (χ3v) is 5.19. The molecule has 7 heteroatoms. The third kappa shape index (κ3) is 4.24. The molecule has 148 valence electrons. The predicted octanol–water partition coefficient (Wildman–Crippen LogP) is 5.29. The number of ether oxygens (including phenoxy) is 1. The van der Waals surface area contributed by atoms with Crippen LogP contribution in [0, 0.1) is 11.3 Å². The van der Waals surface area contributed by atoms with Crippen LogP contribution in [0.3, 0.4) is 0 Å². The summed E-state index contributed by atoms with van der Waals surface area (Å²) in [7, 11) is 0. The van der Waals surface area contributed by atoms with Crippen molar-refractivity contribution < 1.29 is 9.15 Å². The maximum Gasteiger partial charge on any atom is 0.336 e. The summed E-state index contributed by atoms with van der Waals surface area (Å²) < 4.78 is 10.6. The maximum absolute atomic E-state index is 11.3. The summed E-state index contributed by atoms with van der Waals surface area (Å²) in [5.74, 6) is 0.813. The number of fused-ring (bicyclic) bond motifs is 1. The molecule has 4 rings (SSSR count). The van der Waals surface area contributed by atoms with Crippen molar-refractivity contribution in [1.29, 1.82) is 5.26 Å². The van der Waals surface area contributed by atoms with Crippen LogP contribution in [0.4, 0.5) is 5.69 Å². The van der Waals surface area contributed by atoms with Gasteiger partial charge in [0.1, 0.15) is 28.0 Å². The first-order valence-corrected chi connectivity index (χ1v) is 10.1. The van der Waals surface area contributed by atoms with Crippen LogP contribution in [-0.4, -0.2) is 11.6 Å². The third-order valence-electron chi connectivity index (χ3n) is 4.32. The van der Waals surface area contributed by atoms with E-state index in [-0.39, 0.29) is 5.63 Å². The fourth-order valence-electron chi connectivity index (χ4n) is 2.88. The quantitative estimate of drug-likeness (QED) is 0.340. The Morgan fingerprint density at radius 2 is 2.07 bits per heavy atom. The number of benzene rings is 2. The van der Waals surface area contributed by atoms with E-state index in [1.165, 1.54) is 17.4 Å². The highest BCUT2D eigenvalue weighted by Gasteiger charge is 2.09. The second-order valence-corrected chi connectivity index (χ2v) is 7.17. The molecular formula is C23H17N3O3S. The lowest BCUT2D eigenvalue weighted by Gasteiger charge is -2.03. The van der Waals surface area contributed by atoms with Gasteiger partial charge in [-0.15, -0.1) is 11.3 Å². The molecule has 0 saturated heterocycles. The van der Waals surface area contributed by atoms with Gasteiger partial charge in [-0.25, -0.2) is 9.78 Å². The van der Waals surface area contributed by atoms with Crippen molar-refractivity contribution >= 4 is 33.6 Å². The Hall–Kier alpha value is -3.89. The van der Waals surface area contributed by atoms with Gasteiger partial charge in [0.25, 0.3) is 0 Å². The van der Waals surface area contributed by atoms with Gasteiger partial charge in [0, 0.05) is 34.3 Å². The molecule has 0 fully saturated rings. The van der Waals surface area contributed by atoms with Gasteiger partial charge in [-0.05, 0) is 55.5 Å². The summed E-state index contributed by atoms with van der Waals surface area (Å²) in [6.45, 7) is 2.56. The van der Waals surface area contributed by atoms with E-state index < -0.39 is 0 Å². The molecule has 0 radical (unpaired) electrons. The molecule has 0 aliphatic carbocycles. The van der Waals surface area contributed by atoms with Crippen LogP contribution in [0.15, 0.2) is 75.4 Å². The Morgan fingerprint density at radius 3 is 2.83 bits per heavy atom. The van der Waals surface area contributed by atoms with Crippen molar-refractivity contribution in [3.63, 3.8) is 0 Å². The van der Waals surface area contributed by atoms with Crippen LogP contribution < -0.4 is 15.7 Å². The van der Waals surface area contributed by atoms with E-state index in [0.29, 0.717) is 22.8 Å². The van der Waals surface area contributed by atoms with E-state index >= 15 is 0 Å². The summed E-state index contributed by atoms with van der Waals surface area (Å²) in [5, 5.41) is 16.0. The Kier molecular flexibility index (Phi) is 5.59. The minimum absolute atomic E-state index is 0.387. The van der Waals surface area contributed by atoms with E-state index in [9.17, 15) is 10.1 Å². The van der Waals surface area contributed by atoms with Crippen LogP contribution in [0.1, 0.15) is 11.9 Å². The molecule has 0 unspecified atom stereocenters. The Morgan fingerprint density at radius 1 is 1.23 bits per heavy atom. The number of hydrogen-bond donors (Lipinski definition) is 1. The van der Waals surface area contributed by atoms with Crippen molar-refractivity contribution in [2.45, 2.75) is 6.92 Å². The lowest BCUT2D eigenvalue weighted by Crippen LogP contribution is -1.95. The molecule has 0 atom stereocenters. The molecule has 6 nitrogen and oxygen atoms in total. The number of thiazole rings is 1. The number of rotatable bonds is 6. The van der Waals surface area contributed by atoms with Crippen LogP contribution >= 0.6 is 11.3 Å². The van der Waals surface area contributed by atoms with E-state index in [2.05, 4.69) is 16.4 Å². The lowest BCUT2D eigenvalue weighted by molar-refractivity contribution is 0.340. The number of nitrogens with zero attached hydrogens (tertiary/aromatic N) is 2. The molecule has 0 amide bonds. The largest absolute Gasteiger partial charge is 0.494 e. The van der Waals surface area contributed by atoms with Crippen molar-refractivity contribution in [3.8, 4) is 23.1 Å². The van der Waals surface area contributed by atoms with Gasteiger partial charge in [-0.2, -0.15) is 5.26 Å². The van der Waals surface area contributed by atoms with Crippen molar-refractivity contribution in [2.75, 3.05) is 11.9 Å². The number of anilines is 1. The highest BCUT2D eigenvalue weighted by molar-refractivity contribution is 7.11. The average Bonchev–Trinajstić information content (AvgIpc) is 3.25. The van der Waals surface area contributed by atoms with Crippen molar-refractivity contribution in [1.82, 2.24) is 4.98 Å². The molecule has 2 heterocycles. The van der Waals surface area contributed by atoms with Crippen molar-refractivity contribution in [3.05, 3.63) is 81.6 Å². The molecule has 0 bridgehead atoms. The van der Waals surface area contributed by atoms with Crippen molar-refractivity contribution in [2.24, 2.45) is 0 Å². The minimum Gasteiger partial charge on any atom is -0.494 e. The van der Waals surface area contributed by atoms with E-state index in [0.717, 1.165) is 28.1 Å². The summed E-state index contributed by atoms with van der Waals surface area (Å²) >= 11 is 1.41. The summed E-state index contributed by atoms with van der Waals surface area (Å²) in [4.78, 5) is 15.9. The van der Waals surface area contributed by atoms with Gasteiger partial charge in [0.05, 0.1) is 12.3 Å². The maximum atomic E-state index is 11.3. The number of nitrogens with one attached hydrogen (secondary N) is 1. The van der Waals surface area contributed by atoms with Gasteiger partial charge < -0.3 is 14.5 Å². The minimum atomic E-state index is -0.387. The van der Waals surface area contributed by atoms with Gasteiger partial charge in [0.2, 0.25) is 0 Å². The zero-order valence-corrected chi connectivity index (χ0v) is 16.9. The summed E-state index contributed by atoms with van der Waals surface area (Å²) in [6, 6.07) is 18.3. The van der Waals surface area contributed by atoms with Crippen LogP contribution in [0.5, 0.6) is 5.75 Å². The smallest absolute Gasteiger partial charge is 0.336 e. The zero-order chi connectivity index (χ0) is 20.9. The monoisotopic (exact) mass is 415 g/mol. The molecule has 0 aliphatic rings. The Labute approximate surface area is 176 Å². The number of nitriles is 1. The average molecular weight is 415 g/mol. The van der Waals surface area contributed by atoms with E-state index in [1.807, 2.05) is 42.6 Å². The van der Waals surface area contributed by atoms with E-state index in [1.54, 1.807) is 24.4 Å². The molecule has 0 saturated carbocycles. The molecule has 1 N–H and O–H groups in total. The fraction of sp³-hybridized carbons (Fsp3) is 0.0870. The van der Waals surface area contributed by atoms with Gasteiger partial charge in [-0.1, -0.05) is 0 Å². The fourth-order valence-corrected chi connectivity index (χ4v) is 3.67. The van der Waals surface area contributed by atoms with Crippen LogP contribution in [-0.2, 0) is 0 Å². The predicted molar refractivity (Wildman–Crippen MR) is 118 cm³/mol. The van der Waals surface area contributed by atoms with Gasteiger partial charge >= 0.3 is 5.63 Å². The number of hydrogen-bond acceptors (Lipinski definition) is 7. The molecule has 2 aromatic carbocycles. The highest BCUT2D eigenvalue weighted by atomic mass is 32.1. The summed E-state index contributed by atoms with van der Waals surface area (Å²) in [6.07, 6.45) is 1.63. The highest BCUT2D eigenvalue weighted by Crippen LogP contribution is 2.27. The Bertz CT molecular complexity index is 1310. The first kappa shape index (κ1) is 19.4. The molecule has 30 heavy (non-hydrogen) atoms. The van der Waals surface area contributed by atoms with E-state index in [4.69, 9.17) is 9.15 Å². The number of aromatic nitrogens is 1. The normalized spacial score (nSPS) is 11.3. The molecule has 0 spiro atoms. The van der Waals surface area contributed by atoms with Crippen LogP contribution in [0.25, 0.3) is 27.8 Å². The molecular weight excluding hydrogens is 398 g/mol. The second kappa shape index (κ2) is 8.64. The zero-order valence-electron chi connectivity index (χ0n) is 16.1. The SMILES string of the molecule is CCOc1ccc(-c2csc(C(C#N)=CNc3ccc4oc(=O)ccc4c3)n2)cc1. The summed E-state index contributed by atoms with van der Waals surface area (Å²) in [5.41, 5.74) is 3.09. The van der Waals surface area contributed by atoms with Gasteiger partial charge in [0.15, 0.2) is 0 Å². The van der Waals surface area contributed by atoms with Crippen LogP contribution in [0.2, 0.25) is 0 Å². The molecule has 2 aromatic heterocycles. The topological polar surface area (TPSA) is 88.1 Å². The standard InChI is InChI=1S/C23H17N3O3S/c1-2-28-19-7-3-15(4-8-19)20-14-30-23(26-20)17(12-24)13-25-18-6-9-21-16(11-18)5-10-22(27)29-21/h3-11,13-14,25H,2H2,1H3. The first-order valence-electron chi connectivity index (χ1n) is 9.26. The molecule has 4 aromatic rings. The number of allylic oxidation sites excluding steroid dienone is 1. The Balaban J connectivity index is 1.54. The molecule has 0 aliphatic heterocycles. The first-order chi connectivity index (χ1) is 14.7.